The Hall–Kier alpha value is -2.49. The number of hydrogen-bond acceptors (Lipinski definition) is 9. The summed E-state index contributed by atoms with van der Waals surface area (Å²) in [6.07, 6.45) is 1.62. The Morgan fingerprint density at radius 1 is 0.900 bits per heavy atom. The Labute approximate surface area is 180 Å². The molecule has 30 heavy (non-hydrogen) atoms. The number of nitrogens with zero attached hydrogens (tertiary/aromatic N) is 6. The lowest BCUT2D eigenvalue weighted by Gasteiger charge is -2.31. The second-order valence-electron chi connectivity index (χ2n) is 7.47. The van der Waals surface area contributed by atoms with Crippen LogP contribution in [0.3, 0.4) is 0 Å². The van der Waals surface area contributed by atoms with Crippen LogP contribution in [0, 0.1) is 6.92 Å². The molecule has 0 amide bonds. The Morgan fingerprint density at radius 3 is 2.43 bits per heavy atom. The van der Waals surface area contributed by atoms with Crippen LogP contribution < -0.4 is 15.1 Å². The van der Waals surface area contributed by atoms with Crippen LogP contribution in [0.2, 0.25) is 0 Å². The number of aromatic nitrogens is 4. The molecule has 2 aliphatic heterocycles. The van der Waals surface area contributed by atoms with Gasteiger partial charge >= 0.3 is 0 Å². The minimum Gasteiger partial charge on any atom is -0.378 e. The van der Waals surface area contributed by atoms with Crippen molar-refractivity contribution in [1.29, 1.82) is 0 Å². The molecule has 0 atom stereocenters. The van der Waals surface area contributed by atoms with Crippen LogP contribution in [0.5, 0.6) is 0 Å². The van der Waals surface area contributed by atoms with Crippen molar-refractivity contribution >= 4 is 34.6 Å². The van der Waals surface area contributed by atoms with E-state index in [9.17, 15) is 0 Å². The summed E-state index contributed by atoms with van der Waals surface area (Å²) in [6, 6.07) is 8.47. The standard InChI is InChI=1S/C21H25N7OS/c1-15-2-4-16(5-3-15)30-20-18-17(23-14-24-20)19(27-10-12-29-13-11-27)26-21(25-18)28-8-6-22-7-9-28/h2-5,14,22H,6-13H2,1H3. The maximum absolute atomic E-state index is 5.55. The van der Waals surface area contributed by atoms with E-state index in [4.69, 9.17) is 14.7 Å². The first-order chi connectivity index (χ1) is 14.8. The molecule has 0 unspecified atom stereocenters. The number of nitrogens with one attached hydrogen (secondary N) is 1. The number of piperazine rings is 1. The minimum absolute atomic E-state index is 0.699. The monoisotopic (exact) mass is 423 g/mol. The summed E-state index contributed by atoms with van der Waals surface area (Å²) in [6.45, 7) is 8.75. The number of morpholine rings is 1. The average Bonchev–Trinajstić information content (AvgIpc) is 2.81. The molecule has 0 bridgehead atoms. The predicted molar refractivity (Wildman–Crippen MR) is 119 cm³/mol. The second-order valence-corrected chi connectivity index (χ2v) is 8.54. The van der Waals surface area contributed by atoms with Crippen molar-refractivity contribution in [1.82, 2.24) is 25.3 Å². The lowest BCUT2D eigenvalue weighted by molar-refractivity contribution is 0.122. The van der Waals surface area contributed by atoms with Crippen molar-refractivity contribution in [2.24, 2.45) is 0 Å². The molecule has 1 N–H and O–H groups in total. The quantitative estimate of drug-likeness (QED) is 0.635. The van der Waals surface area contributed by atoms with E-state index in [2.05, 4.69) is 56.3 Å². The molecular weight excluding hydrogens is 398 g/mol. The number of anilines is 2. The van der Waals surface area contributed by atoms with Gasteiger partial charge in [0, 0.05) is 44.2 Å². The summed E-state index contributed by atoms with van der Waals surface area (Å²) >= 11 is 1.62. The van der Waals surface area contributed by atoms with Gasteiger partial charge in [-0.2, -0.15) is 4.98 Å². The lowest BCUT2D eigenvalue weighted by Crippen LogP contribution is -2.44. The van der Waals surface area contributed by atoms with Crippen molar-refractivity contribution in [3.8, 4) is 0 Å². The molecule has 0 radical (unpaired) electrons. The molecule has 2 aromatic heterocycles. The molecule has 4 heterocycles. The van der Waals surface area contributed by atoms with Crippen LogP contribution in [-0.4, -0.2) is 72.4 Å². The summed E-state index contributed by atoms with van der Waals surface area (Å²) in [5, 5.41) is 4.25. The van der Waals surface area contributed by atoms with Gasteiger partial charge in [-0.3, -0.25) is 0 Å². The fourth-order valence-electron chi connectivity index (χ4n) is 3.69. The van der Waals surface area contributed by atoms with Crippen LogP contribution in [0.4, 0.5) is 11.8 Å². The fourth-order valence-corrected chi connectivity index (χ4v) is 4.53. The van der Waals surface area contributed by atoms with Gasteiger partial charge in [-0.1, -0.05) is 29.5 Å². The number of ether oxygens (including phenoxy) is 1. The van der Waals surface area contributed by atoms with Gasteiger partial charge in [0.05, 0.1) is 13.2 Å². The van der Waals surface area contributed by atoms with E-state index in [1.165, 1.54) is 5.56 Å². The van der Waals surface area contributed by atoms with E-state index in [0.29, 0.717) is 13.2 Å². The Morgan fingerprint density at radius 2 is 1.67 bits per heavy atom. The van der Waals surface area contributed by atoms with Crippen LogP contribution in [0.25, 0.3) is 11.0 Å². The van der Waals surface area contributed by atoms with Gasteiger partial charge in [0.15, 0.2) is 5.82 Å². The number of fused-ring (bicyclic) bond motifs is 1. The molecule has 3 aromatic rings. The summed E-state index contributed by atoms with van der Waals surface area (Å²) in [5.41, 5.74) is 2.86. The first-order valence-corrected chi connectivity index (χ1v) is 11.2. The van der Waals surface area contributed by atoms with Gasteiger partial charge < -0.3 is 19.9 Å². The van der Waals surface area contributed by atoms with Gasteiger partial charge in [-0.25, -0.2) is 15.0 Å². The van der Waals surface area contributed by atoms with E-state index >= 15 is 0 Å². The average molecular weight is 424 g/mol. The number of rotatable bonds is 4. The second kappa shape index (κ2) is 8.71. The molecule has 0 spiro atoms. The van der Waals surface area contributed by atoms with E-state index in [-0.39, 0.29) is 0 Å². The summed E-state index contributed by atoms with van der Waals surface area (Å²) in [4.78, 5) is 24.7. The van der Waals surface area contributed by atoms with Crippen LogP contribution in [0.1, 0.15) is 5.56 Å². The van der Waals surface area contributed by atoms with E-state index in [1.54, 1.807) is 18.1 Å². The zero-order valence-corrected chi connectivity index (χ0v) is 17.9. The molecular formula is C21H25N7OS. The molecule has 5 rings (SSSR count). The Kier molecular flexibility index (Phi) is 5.65. The number of hydrogen-bond donors (Lipinski definition) is 1. The third kappa shape index (κ3) is 4.05. The molecule has 156 valence electrons. The highest BCUT2D eigenvalue weighted by molar-refractivity contribution is 7.99. The van der Waals surface area contributed by atoms with Crippen LogP contribution in [-0.2, 0) is 4.74 Å². The van der Waals surface area contributed by atoms with E-state index < -0.39 is 0 Å². The molecule has 1 aromatic carbocycles. The smallest absolute Gasteiger partial charge is 0.228 e. The van der Waals surface area contributed by atoms with Gasteiger partial charge in [-0.05, 0) is 19.1 Å². The van der Waals surface area contributed by atoms with Gasteiger partial charge in [-0.15, -0.1) is 0 Å². The number of benzene rings is 1. The summed E-state index contributed by atoms with van der Waals surface area (Å²) in [7, 11) is 0. The largest absolute Gasteiger partial charge is 0.378 e. The van der Waals surface area contributed by atoms with Crippen molar-refractivity contribution in [2.75, 3.05) is 62.3 Å². The number of aryl methyl sites for hydroxylation is 1. The zero-order chi connectivity index (χ0) is 20.3. The first-order valence-electron chi connectivity index (χ1n) is 10.3. The van der Waals surface area contributed by atoms with Gasteiger partial charge in [0.2, 0.25) is 5.95 Å². The van der Waals surface area contributed by atoms with Gasteiger partial charge in [0.1, 0.15) is 22.4 Å². The molecule has 2 saturated heterocycles. The third-order valence-electron chi connectivity index (χ3n) is 5.36. The first kappa shape index (κ1) is 19.5. The highest BCUT2D eigenvalue weighted by Crippen LogP contribution is 2.34. The van der Waals surface area contributed by atoms with E-state index in [0.717, 1.165) is 72.0 Å². The zero-order valence-electron chi connectivity index (χ0n) is 17.0. The molecule has 2 fully saturated rings. The molecule has 2 aliphatic rings. The fraction of sp³-hybridized carbons (Fsp3) is 0.429. The van der Waals surface area contributed by atoms with Gasteiger partial charge in [0.25, 0.3) is 0 Å². The van der Waals surface area contributed by atoms with Crippen LogP contribution >= 0.6 is 11.8 Å². The summed E-state index contributed by atoms with van der Waals surface area (Å²) in [5.74, 6) is 1.64. The SMILES string of the molecule is Cc1ccc(Sc2ncnc3c(N4CCOCC4)nc(N4CCNCC4)nc23)cc1. The molecule has 0 saturated carbocycles. The summed E-state index contributed by atoms with van der Waals surface area (Å²) < 4.78 is 5.55. The molecule has 8 nitrogen and oxygen atoms in total. The topological polar surface area (TPSA) is 79.3 Å². The highest BCUT2D eigenvalue weighted by atomic mass is 32.2. The Bertz CT molecular complexity index is 1020. The maximum atomic E-state index is 5.55. The predicted octanol–water partition coefficient (Wildman–Crippen LogP) is 2.13. The highest BCUT2D eigenvalue weighted by Gasteiger charge is 2.23. The Balaban J connectivity index is 1.60. The third-order valence-corrected chi connectivity index (χ3v) is 6.36. The lowest BCUT2D eigenvalue weighted by atomic mass is 10.2. The minimum atomic E-state index is 0.699. The van der Waals surface area contributed by atoms with Crippen molar-refractivity contribution in [3.63, 3.8) is 0 Å². The van der Waals surface area contributed by atoms with Crippen molar-refractivity contribution in [2.45, 2.75) is 16.8 Å². The van der Waals surface area contributed by atoms with Crippen molar-refractivity contribution < 1.29 is 4.74 Å². The molecule has 9 heteroatoms. The molecule has 0 aliphatic carbocycles. The van der Waals surface area contributed by atoms with E-state index in [1.807, 2.05) is 0 Å². The van der Waals surface area contributed by atoms with Crippen LogP contribution in [0.15, 0.2) is 40.5 Å². The normalized spacial score (nSPS) is 17.5. The van der Waals surface area contributed by atoms with Crippen molar-refractivity contribution in [3.05, 3.63) is 36.2 Å². The maximum Gasteiger partial charge on any atom is 0.228 e.